The van der Waals surface area contributed by atoms with Gasteiger partial charge in [-0.3, -0.25) is 9.78 Å². The van der Waals surface area contributed by atoms with E-state index in [1.54, 1.807) is 28.6 Å². The van der Waals surface area contributed by atoms with Gasteiger partial charge in [0.25, 0.3) is 5.91 Å². The number of Topliss-reactive ketones (excluding diaryl/α,β-unsaturated/α-hetero) is 1. The lowest BCUT2D eigenvalue weighted by Crippen LogP contribution is -2.38. The maximum Gasteiger partial charge on any atom is 0.284 e. The number of hydrogen-bond acceptors (Lipinski definition) is 9. The molecule has 1 saturated heterocycles. The highest BCUT2D eigenvalue weighted by Gasteiger charge is 2.27. The Morgan fingerprint density at radius 1 is 1.18 bits per heavy atom. The molecule has 0 aromatic carbocycles. The Morgan fingerprint density at radius 2 is 1.97 bits per heavy atom. The minimum absolute atomic E-state index is 0.125. The molecule has 1 aliphatic rings. The maximum atomic E-state index is 13.1. The zero-order valence-corrected chi connectivity index (χ0v) is 22.3. The maximum absolute atomic E-state index is 13.1. The highest BCUT2D eigenvalue weighted by molar-refractivity contribution is 7.16. The van der Waals surface area contributed by atoms with Crippen LogP contribution < -0.4 is 5.32 Å². The summed E-state index contributed by atoms with van der Waals surface area (Å²) in [6.45, 7) is 6.96. The van der Waals surface area contributed by atoms with Crippen LogP contribution >= 0.6 is 11.3 Å². The molecule has 0 saturated carbocycles. The van der Waals surface area contributed by atoms with Crippen LogP contribution in [0.15, 0.2) is 36.7 Å². The smallest absolute Gasteiger partial charge is 0.284 e. The van der Waals surface area contributed by atoms with Crippen LogP contribution in [0.5, 0.6) is 0 Å². The molecule has 1 N–H and O–H groups in total. The van der Waals surface area contributed by atoms with Gasteiger partial charge in [-0.2, -0.15) is 10.4 Å². The second-order valence-electron chi connectivity index (χ2n) is 9.88. The normalized spacial score (nSPS) is 14.1. The molecular weight excluding hydrogens is 500 g/mol. The van der Waals surface area contributed by atoms with Crippen LogP contribution in [0, 0.1) is 17.2 Å². The van der Waals surface area contributed by atoms with Gasteiger partial charge < -0.3 is 15.0 Å². The Balaban J connectivity index is 1.40. The number of pyridine rings is 1. The Morgan fingerprint density at radius 3 is 2.68 bits per heavy atom. The van der Waals surface area contributed by atoms with Crippen LogP contribution in [0.2, 0.25) is 0 Å². The Kier molecular flexibility index (Phi) is 7.15. The van der Waals surface area contributed by atoms with Crippen LogP contribution in [-0.2, 0) is 4.79 Å². The lowest BCUT2D eigenvalue weighted by Gasteiger charge is -2.30. The van der Waals surface area contributed by atoms with E-state index in [1.807, 2.05) is 32.0 Å². The molecule has 5 heterocycles. The summed E-state index contributed by atoms with van der Waals surface area (Å²) < 4.78 is 1.75. The molecule has 38 heavy (non-hydrogen) atoms. The van der Waals surface area contributed by atoms with Gasteiger partial charge in [0.2, 0.25) is 5.01 Å². The Hall–Kier alpha value is -4.17. The Labute approximate surface area is 224 Å². The van der Waals surface area contributed by atoms with Crippen LogP contribution in [0.25, 0.3) is 27.5 Å². The average molecular weight is 529 g/mol. The third-order valence-corrected chi connectivity index (χ3v) is 7.50. The fourth-order valence-corrected chi connectivity index (χ4v) is 5.59. The lowest BCUT2D eigenvalue weighted by atomic mass is 9.92. The summed E-state index contributed by atoms with van der Waals surface area (Å²) in [7, 11) is 0. The van der Waals surface area contributed by atoms with E-state index < -0.39 is 0 Å². The van der Waals surface area contributed by atoms with Gasteiger partial charge in [0.15, 0.2) is 5.01 Å². The van der Waals surface area contributed by atoms with E-state index in [-0.39, 0.29) is 17.7 Å². The van der Waals surface area contributed by atoms with Crippen LogP contribution in [0.4, 0.5) is 5.69 Å². The number of piperidine rings is 1. The zero-order chi connectivity index (χ0) is 26.8. The number of ketones is 1. The van der Waals surface area contributed by atoms with Crippen LogP contribution in [0.3, 0.4) is 0 Å². The predicted octanol–water partition coefficient (Wildman–Crippen LogP) is 4.44. The van der Waals surface area contributed by atoms with Gasteiger partial charge in [0, 0.05) is 37.4 Å². The number of carbonyl (C=O) groups is 2. The van der Waals surface area contributed by atoms with Crippen molar-refractivity contribution in [1.29, 1.82) is 5.26 Å². The summed E-state index contributed by atoms with van der Waals surface area (Å²) >= 11 is 1.25. The van der Waals surface area contributed by atoms with E-state index in [2.05, 4.69) is 31.7 Å². The first-order chi connectivity index (χ1) is 18.3. The molecule has 0 atom stereocenters. The number of nitrogens with one attached hydrogen (secondary N) is 1. The minimum Gasteiger partial charge on any atom is -0.382 e. The largest absolute Gasteiger partial charge is 0.382 e. The lowest BCUT2D eigenvalue weighted by molar-refractivity contribution is -0.118. The summed E-state index contributed by atoms with van der Waals surface area (Å²) in [5, 5.41) is 26.5. The third-order valence-electron chi connectivity index (χ3n) is 6.56. The van der Waals surface area contributed by atoms with Crippen molar-refractivity contribution in [3.8, 4) is 28.0 Å². The second kappa shape index (κ2) is 10.7. The SMILES string of the molecule is CC(=O)CC1CCN(C(=O)c2nnc(-c3cnc(-c4ccc5cc(C#N)cnn45)cc3NC(C)C)s2)CC1. The van der Waals surface area contributed by atoms with Gasteiger partial charge in [0.05, 0.1) is 34.2 Å². The monoisotopic (exact) mass is 528 g/mol. The molecule has 1 amide bonds. The van der Waals surface area contributed by atoms with Gasteiger partial charge in [-0.25, -0.2) is 4.52 Å². The summed E-state index contributed by atoms with van der Waals surface area (Å²) in [5.41, 5.74) is 4.40. The Bertz CT molecular complexity index is 1540. The van der Waals surface area contributed by atoms with Crippen molar-refractivity contribution < 1.29 is 9.59 Å². The van der Waals surface area contributed by atoms with E-state index >= 15 is 0 Å². The predicted molar refractivity (Wildman–Crippen MR) is 145 cm³/mol. The third kappa shape index (κ3) is 5.26. The molecule has 0 bridgehead atoms. The number of aromatic nitrogens is 5. The molecule has 1 aliphatic heterocycles. The van der Waals surface area contributed by atoms with Gasteiger partial charge >= 0.3 is 0 Å². The molecule has 4 aromatic heterocycles. The zero-order valence-electron chi connectivity index (χ0n) is 21.5. The standard InChI is InChI=1S/C27H28N8O2S/c1-16(2)31-22-12-23(24-5-4-20-11-19(13-28)14-30-35(20)24)29-15-21(22)25-32-33-26(38-25)27(37)34-8-6-18(7-9-34)10-17(3)36/h4-5,11-12,14-16,18H,6-10H2,1-3H3,(H,29,31). The highest BCUT2D eigenvalue weighted by atomic mass is 32.1. The number of carbonyl (C=O) groups excluding carboxylic acids is 2. The molecule has 5 rings (SSSR count). The molecule has 0 spiro atoms. The van der Waals surface area contributed by atoms with Crippen molar-refractivity contribution in [2.24, 2.45) is 5.92 Å². The van der Waals surface area contributed by atoms with E-state index in [1.165, 1.54) is 17.5 Å². The van der Waals surface area contributed by atoms with Gasteiger partial charge in [-0.15, -0.1) is 10.2 Å². The molecule has 0 radical (unpaired) electrons. The topological polar surface area (TPSA) is 129 Å². The fourth-order valence-electron chi connectivity index (χ4n) is 4.75. The molecular formula is C27H28N8O2S. The molecule has 0 unspecified atom stereocenters. The van der Waals surface area contributed by atoms with Gasteiger partial charge in [-0.1, -0.05) is 11.3 Å². The van der Waals surface area contributed by atoms with Crippen molar-refractivity contribution in [2.45, 2.75) is 46.1 Å². The number of amides is 1. The molecule has 194 valence electrons. The van der Waals surface area contributed by atoms with Crippen LogP contribution in [-0.4, -0.2) is 60.5 Å². The van der Waals surface area contributed by atoms with Gasteiger partial charge in [0.1, 0.15) is 11.9 Å². The highest BCUT2D eigenvalue weighted by Crippen LogP contribution is 2.34. The summed E-state index contributed by atoms with van der Waals surface area (Å²) in [4.78, 5) is 31.0. The molecule has 0 aliphatic carbocycles. The van der Waals surface area contributed by atoms with Crippen molar-refractivity contribution in [1.82, 2.24) is 29.7 Å². The van der Waals surface area contributed by atoms with E-state index in [9.17, 15) is 9.59 Å². The first-order valence-corrected chi connectivity index (χ1v) is 13.4. The van der Waals surface area contributed by atoms with Crippen molar-refractivity contribution >= 4 is 34.2 Å². The van der Waals surface area contributed by atoms with E-state index in [0.717, 1.165) is 35.3 Å². The first kappa shape index (κ1) is 25.5. The summed E-state index contributed by atoms with van der Waals surface area (Å²) in [6.07, 6.45) is 5.50. The number of hydrogen-bond donors (Lipinski definition) is 1. The molecule has 1 fully saturated rings. The van der Waals surface area contributed by atoms with E-state index in [4.69, 9.17) is 5.26 Å². The van der Waals surface area contributed by atoms with Crippen molar-refractivity contribution in [3.05, 3.63) is 47.2 Å². The number of anilines is 1. The molecule has 4 aromatic rings. The average Bonchev–Trinajstić information content (AvgIpc) is 3.55. The number of nitriles is 1. The van der Waals surface area contributed by atoms with E-state index in [0.29, 0.717) is 46.7 Å². The summed E-state index contributed by atoms with van der Waals surface area (Å²) in [6, 6.07) is 9.81. The number of rotatable bonds is 7. The number of nitrogens with zero attached hydrogens (tertiary/aromatic N) is 7. The second-order valence-corrected chi connectivity index (χ2v) is 10.9. The number of fused-ring (bicyclic) bond motifs is 1. The van der Waals surface area contributed by atoms with Gasteiger partial charge in [-0.05, 0) is 63.8 Å². The molecule has 10 nitrogen and oxygen atoms in total. The van der Waals surface area contributed by atoms with Crippen LogP contribution in [0.1, 0.15) is 55.4 Å². The van der Waals surface area contributed by atoms with Crippen molar-refractivity contribution in [3.63, 3.8) is 0 Å². The summed E-state index contributed by atoms with van der Waals surface area (Å²) in [5.74, 6) is 0.418. The van der Waals surface area contributed by atoms with Crippen molar-refractivity contribution in [2.75, 3.05) is 18.4 Å². The fraction of sp³-hybridized carbons (Fsp3) is 0.370. The molecule has 11 heteroatoms. The quantitative estimate of drug-likeness (QED) is 0.373. The minimum atomic E-state index is -0.125. The number of likely N-dealkylation sites (tertiary alicyclic amines) is 1. The first-order valence-electron chi connectivity index (χ1n) is 12.6.